The Morgan fingerprint density at radius 2 is 1.71 bits per heavy atom. The average molecular weight is 298 g/mol. The van der Waals surface area contributed by atoms with Crippen LogP contribution in [0.4, 0.5) is 18.9 Å². The van der Waals surface area contributed by atoms with Gasteiger partial charge in [0.05, 0.1) is 0 Å². The van der Waals surface area contributed by atoms with Gasteiger partial charge in [-0.05, 0) is 31.6 Å². The first-order valence-corrected chi connectivity index (χ1v) is 7.21. The lowest BCUT2D eigenvalue weighted by Gasteiger charge is -2.28. The summed E-state index contributed by atoms with van der Waals surface area (Å²) in [5, 5.41) is 5.70. The molecule has 2 aliphatic heterocycles. The van der Waals surface area contributed by atoms with Crippen molar-refractivity contribution in [2.24, 2.45) is 5.92 Å². The number of halogens is 3. The van der Waals surface area contributed by atoms with Crippen LogP contribution in [0.15, 0.2) is 12.1 Å². The fourth-order valence-electron chi connectivity index (χ4n) is 3.46. The molecule has 3 nitrogen and oxygen atoms in total. The van der Waals surface area contributed by atoms with Crippen molar-refractivity contribution in [3.8, 4) is 0 Å². The molecule has 2 bridgehead atoms. The molecule has 1 aromatic rings. The topological polar surface area (TPSA) is 41.1 Å². The van der Waals surface area contributed by atoms with Gasteiger partial charge in [-0.2, -0.15) is 0 Å². The number of hydrogen-bond acceptors (Lipinski definition) is 2. The summed E-state index contributed by atoms with van der Waals surface area (Å²) in [6.07, 6.45) is 4.33. The molecular weight excluding hydrogens is 281 g/mol. The second-order valence-electron chi connectivity index (χ2n) is 5.97. The minimum atomic E-state index is -1.09. The monoisotopic (exact) mass is 298 g/mol. The van der Waals surface area contributed by atoms with Gasteiger partial charge in [0.15, 0.2) is 11.6 Å². The van der Waals surface area contributed by atoms with E-state index in [0.29, 0.717) is 24.2 Å². The van der Waals surface area contributed by atoms with E-state index >= 15 is 0 Å². The zero-order valence-corrected chi connectivity index (χ0v) is 11.5. The minimum Gasteiger partial charge on any atom is -0.321 e. The summed E-state index contributed by atoms with van der Waals surface area (Å²) in [7, 11) is 0. The van der Waals surface area contributed by atoms with E-state index in [0.717, 1.165) is 25.7 Å². The standard InChI is InChI=1S/C15H17F3N2O/c16-9-6-12(17)15(13(18)7-9)20-14(21)5-8-3-10-1-2-11(4-8)19-10/h6-8,10-11,19H,1-5H2,(H,20,21). The first kappa shape index (κ1) is 14.4. The van der Waals surface area contributed by atoms with Gasteiger partial charge in [0.25, 0.3) is 0 Å². The summed E-state index contributed by atoms with van der Waals surface area (Å²) in [5.74, 6) is -3.38. The van der Waals surface area contributed by atoms with Crippen LogP contribution in [0, 0.1) is 23.4 Å². The highest BCUT2D eigenvalue weighted by molar-refractivity contribution is 5.91. The Kier molecular flexibility index (Phi) is 3.89. The molecule has 2 N–H and O–H groups in total. The highest BCUT2D eigenvalue weighted by Crippen LogP contribution is 2.33. The molecule has 6 heteroatoms. The third-order valence-electron chi connectivity index (χ3n) is 4.32. The third-order valence-corrected chi connectivity index (χ3v) is 4.32. The van der Waals surface area contributed by atoms with Crippen molar-refractivity contribution < 1.29 is 18.0 Å². The summed E-state index contributed by atoms with van der Waals surface area (Å²) >= 11 is 0. The van der Waals surface area contributed by atoms with Gasteiger partial charge in [0.2, 0.25) is 5.91 Å². The smallest absolute Gasteiger partial charge is 0.224 e. The third kappa shape index (κ3) is 3.20. The van der Waals surface area contributed by atoms with Gasteiger partial charge in [-0.3, -0.25) is 4.79 Å². The number of fused-ring (bicyclic) bond motifs is 2. The van der Waals surface area contributed by atoms with Crippen molar-refractivity contribution in [3.05, 3.63) is 29.6 Å². The number of piperidine rings is 1. The van der Waals surface area contributed by atoms with E-state index in [9.17, 15) is 18.0 Å². The number of carbonyl (C=O) groups excluding carboxylic acids is 1. The molecule has 0 aliphatic carbocycles. The average Bonchev–Trinajstić information content (AvgIpc) is 2.73. The maximum atomic E-state index is 13.5. The Balaban J connectivity index is 1.62. The Labute approximate surface area is 120 Å². The van der Waals surface area contributed by atoms with Crippen molar-refractivity contribution >= 4 is 11.6 Å². The molecule has 0 aromatic heterocycles. The van der Waals surface area contributed by atoms with E-state index in [-0.39, 0.29) is 12.3 Å². The van der Waals surface area contributed by atoms with Gasteiger partial charge in [0, 0.05) is 30.6 Å². The lowest BCUT2D eigenvalue weighted by molar-refractivity contribution is -0.117. The number of nitrogens with one attached hydrogen (secondary N) is 2. The predicted molar refractivity (Wildman–Crippen MR) is 72.2 cm³/mol. The van der Waals surface area contributed by atoms with Crippen LogP contribution in [0.3, 0.4) is 0 Å². The number of rotatable bonds is 3. The number of benzene rings is 1. The maximum absolute atomic E-state index is 13.5. The number of anilines is 1. The molecule has 3 rings (SSSR count). The highest BCUT2D eigenvalue weighted by atomic mass is 19.1. The Bertz CT molecular complexity index is 529. The number of carbonyl (C=O) groups is 1. The molecular formula is C15H17F3N2O. The van der Waals surface area contributed by atoms with Gasteiger partial charge < -0.3 is 10.6 Å². The molecule has 2 unspecified atom stereocenters. The lowest BCUT2D eigenvalue weighted by atomic mass is 9.89. The van der Waals surface area contributed by atoms with E-state index in [1.165, 1.54) is 0 Å². The van der Waals surface area contributed by atoms with E-state index in [2.05, 4.69) is 10.6 Å². The van der Waals surface area contributed by atoms with Crippen molar-refractivity contribution in [2.45, 2.75) is 44.2 Å². The second-order valence-corrected chi connectivity index (χ2v) is 5.97. The van der Waals surface area contributed by atoms with E-state index in [4.69, 9.17) is 0 Å². The van der Waals surface area contributed by atoms with Crippen LogP contribution in [-0.2, 0) is 4.79 Å². The first-order valence-electron chi connectivity index (χ1n) is 7.21. The van der Waals surface area contributed by atoms with E-state index < -0.39 is 29.0 Å². The highest BCUT2D eigenvalue weighted by Gasteiger charge is 2.34. The molecule has 1 amide bonds. The summed E-state index contributed by atoms with van der Waals surface area (Å²) in [6, 6.07) is 2.04. The van der Waals surface area contributed by atoms with Crippen LogP contribution in [-0.4, -0.2) is 18.0 Å². The molecule has 114 valence electrons. The Morgan fingerprint density at radius 3 is 2.29 bits per heavy atom. The fourth-order valence-corrected chi connectivity index (χ4v) is 3.46. The molecule has 21 heavy (non-hydrogen) atoms. The van der Waals surface area contributed by atoms with E-state index in [1.54, 1.807) is 0 Å². The van der Waals surface area contributed by atoms with Crippen molar-refractivity contribution in [3.63, 3.8) is 0 Å². The first-order chi connectivity index (χ1) is 10.0. The zero-order chi connectivity index (χ0) is 15.0. The number of amides is 1. The van der Waals surface area contributed by atoms with Crippen molar-refractivity contribution in [2.75, 3.05) is 5.32 Å². The molecule has 2 aliphatic rings. The van der Waals surface area contributed by atoms with Crippen molar-refractivity contribution in [1.29, 1.82) is 0 Å². The van der Waals surface area contributed by atoms with Crippen LogP contribution in [0.1, 0.15) is 32.1 Å². The Morgan fingerprint density at radius 1 is 1.14 bits per heavy atom. The summed E-state index contributed by atoms with van der Waals surface area (Å²) in [4.78, 5) is 11.9. The molecule has 2 saturated heterocycles. The van der Waals surface area contributed by atoms with Crippen LogP contribution in [0.5, 0.6) is 0 Å². The molecule has 0 spiro atoms. The van der Waals surface area contributed by atoms with Gasteiger partial charge in [-0.1, -0.05) is 0 Å². The van der Waals surface area contributed by atoms with Crippen LogP contribution >= 0.6 is 0 Å². The summed E-state index contributed by atoms with van der Waals surface area (Å²) < 4.78 is 39.8. The quantitative estimate of drug-likeness (QED) is 0.901. The molecule has 2 atom stereocenters. The summed E-state index contributed by atoms with van der Waals surface area (Å²) in [5.41, 5.74) is -0.571. The molecule has 2 heterocycles. The molecule has 0 radical (unpaired) electrons. The van der Waals surface area contributed by atoms with Gasteiger partial charge in [0.1, 0.15) is 11.5 Å². The van der Waals surface area contributed by atoms with Gasteiger partial charge in [-0.15, -0.1) is 0 Å². The fraction of sp³-hybridized carbons (Fsp3) is 0.533. The van der Waals surface area contributed by atoms with Crippen LogP contribution in [0.25, 0.3) is 0 Å². The normalized spacial score (nSPS) is 27.7. The van der Waals surface area contributed by atoms with Crippen molar-refractivity contribution in [1.82, 2.24) is 5.32 Å². The number of hydrogen-bond donors (Lipinski definition) is 2. The minimum absolute atomic E-state index is 0.232. The second kappa shape index (κ2) is 5.67. The SMILES string of the molecule is O=C(CC1CC2CCC(C1)N2)Nc1c(F)cc(F)cc1F. The molecule has 1 aromatic carbocycles. The van der Waals surface area contributed by atoms with Crippen LogP contribution < -0.4 is 10.6 Å². The summed E-state index contributed by atoms with van der Waals surface area (Å²) in [6.45, 7) is 0. The molecule has 2 fully saturated rings. The van der Waals surface area contributed by atoms with E-state index in [1.807, 2.05) is 0 Å². The largest absolute Gasteiger partial charge is 0.321 e. The predicted octanol–water partition coefficient (Wildman–Crippen LogP) is 2.96. The zero-order valence-electron chi connectivity index (χ0n) is 11.5. The lowest BCUT2D eigenvalue weighted by Crippen LogP contribution is -2.39. The Hall–Kier alpha value is -1.56. The van der Waals surface area contributed by atoms with Gasteiger partial charge >= 0.3 is 0 Å². The molecule has 0 saturated carbocycles. The van der Waals surface area contributed by atoms with Gasteiger partial charge in [-0.25, -0.2) is 13.2 Å². The maximum Gasteiger partial charge on any atom is 0.224 e. The van der Waals surface area contributed by atoms with Crippen LogP contribution in [0.2, 0.25) is 0 Å².